The standard InChI is InChI=1S/C19H29NO2/c1-18(2,3)16-9-6-15(7-10-16)8-11-17(21)20-12-13-22-14-19(20,4)5/h6-7,9-10H,8,11-14H2,1-5H3. The van der Waals surface area contributed by atoms with Gasteiger partial charge in [-0.1, -0.05) is 45.0 Å². The summed E-state index contributed by atoms with van der Waals surface area (Å²) in [7, 11) is 0. The molecule has 1 aromatic rings. The fourth-order valence-corrected chi connectivity index (χ4v) is 2.88. The molecule has 122 valence electrons. The molecule has 0 radical (unpaired) electrons. The Bertz CT molecular complexity index is 511. The molecule has 1 aliphatic rings. The molecule has 0 saturated carbocycles. The number of aryl methyl sites for hydroxylation is 1. The first kappa shape index (κ1) is 17.0. The molecule has 22 heavy (non-hydrogen) atoms. The predicted molar refractivity (Wildman–Crippen MR) is 90.1 cm³/mol. The van der Waals surface area contributed by atoms with E-state index in [2.05, 4.69) is 58.9 Å². The lowest BCUT2D eigenvalue weighted by Gasteiger charge is -2.42. The van der Waals surface area contributed by atoms with Gasteiger partial charge in [0.15, 0.2) is 0 Å². The van der Waals surface area contributed by atoms with Crippen LogP contribution in [0.5, 0.6) is 0 Å². The quantitative estimate of drug-likeness (QED) is 0.854. The Labute approximate surface area is 134 Å². The van der Waals surface area contributed by atoms with Crippen LogP contribution in [0.15, 0.2) is 24.3 Å². The fraction of sp³-hybridized carbons (Fsp3) is 0.632. The van der Waals surface area contributed by atoms with Gasteiger partial charge >= 0.3 is 0 Å². The number of carbonyl (C=O) groups excluding carboxylic acids is 1. The molecule has 1 fully saturated rings. The van der Waals surface area contributed by atoms with Crippen molar-refractivity contribution in [2.45, 2.75) is 58.4 Å². The number of morpholine rings is 1. The molecule has 1 amide bonds. The summed E-state index contributed by atoms with van der Waals surface area (Å²) >= 11 is 0. The molecular formula is C19H29NO2. The van der Waals surface area contributed by atoms with Crippen LogP contribution in [0, 0.1) is 0 Å². The first-order valence-corrected chi connectivity index (χ1v) is 8.18. The first-order valence-electron chi connectivity index (χ1n) is 8.18. The average Bonchev–Trinajstić information content (AvgIpc) is 2.44. The van der Waals surface area contributed by atoms with Crippen molar-refractivity contribution < 1.29 is 9.53 Å². The summed E-state index contributed by atoms with van der Waals surface area (Å²) in [6, 6.07) is 8.66. The van der Waals surface area contributed by atoms with E-state index in [-0.39, 0.29) is 16.9 Å². The number of rotatable bonds is 3. The highest BCUT2D eigenvalue weighted by molar-refractivity contribution is 5.77. The Morgan fingerprint density at radius 3 is 2.41 bits per heavy atom. The minimum atomic E-state index is -0.189. The number of ether oxygens (including phenoxy) is 1. The Morgan fingerprint density at radius 2 is 1.86 bits per heavy atom. The molecule has 0 unspecified atom stereocenters. The molecule has 0 aliphatic carbocycles. The minimum absolute atomic E-state index is 0.173. The van der Waals surface area contributed by atoms with Crippen molar-refractivity contribution in [2.75, 3.05) is 19.8 Å². The predicted octanol–water partition coefficient (Wildman–Crippen LogP) is 3.55. The molecule has 3 nitrogen and oxygen atoms in total. The Kier molecular flexibility index (Phi) is 4.96. The number of nitrogens with zero attached hydrogens (tertiary/aromatic N) is 1. The van der Waals surface area contributed by atoms with E-state index in [9.17, 15) is 4.79 Å². The van der Waals surface area contributed by atoms with Crippen LogP contribution in [0.3, 0.4) is 0 Å². The van der Waals surface area contributed by atoms with Crippen molar-refractivity contribution in [3.63, 3.8) is 0 Å². The van der Waals surface area contributed by atoms with E-state index in [1.807, 2.05) is 4.90 Å². The lowest BCUT2D eigenvalue weighted by molar-refractivity contribution is -0.146. The lowest BCUT2D eigenvalue weighted by Crippen LogP contribution is -2.55. The van der Waals surface area contributed by atoms with Gasteiger partial charge in [-0.2, -0.15) is 0 Å². The van der Waals surface area contributed by atoms with Crippen molar-refractivity contribution in [3.05, 3.63) is 35.4 Å². The number of carbonyl (C=O) groups is 1. The maximum Gasteiger partial charge on any atom is 0.223 e. The normalized spacial score (nSPS) is 18.3. The summed E-state index contributed by atoms with van der Waals surface area (Å²) in [5.41, 5.74) is 2.54. The summed E-state index contributed by atoms with van der Waals surface area (Å²) in [4.78, 5) is 14.5. The van der Waals surface area contributed by atoms with Gasteiger partial charge in [0.25, 0.3) is 0 Å². The third-order valence-electron chi connectivity index (χ3n) is 4.39. The van der Waals surface area contributed by atoms with Gasteiger partial charge in [-0.05, 0) is 36.8 Å². The zero-order valence-corrected chi connectivity index (χ0v) is 14.6. The van der Waals surface area contributed by atoms with Crippen LogP contribution in [0.1, 0.15) is 52.2 Å². The van der Waals surface area contributed by atoms with Gasteiger partial charge in [-0.15, -0.1) is 0 Å². The zero-order chi connectivity index (χ0) is 16.4. The highest BCUT2D eigenvalue weighted by Crippen LogP contribution is 2.23. The van der Waals surface area contributed by atoms with Crippen molar-refractivity contribution >= 4 is 5.91 Å². The van der Waals surface area contributed by atoms with Gasteiger partial charge in [-0.25, -0.2) is 0 Å². The summed E-state index contributed by atoms with van der Waals surface area (Å²) in [5.74, 6) is 0.230. The van der Waals surface area contributed by atoms with Crippen molar-refractivity contribution in [1.82, 2.24) is 4.90 Å². The number of benzene rings is 1. The topological polar surface area (TPSA) is 29.5 Å². The summed E-state index contributed by atoms with van der Waals surface area (Å²) in [6.07, 6.45) is 1.37. The highest BCUT2D eigenvalue weighted by atomic mass is 16.5. The maximum atomic E-state index is 12.5. The van der Waals surface area contributed by atoms with E-state index in [0.29, 0.717) is 26.2 Å². The average molecular weight is 303 g/mol. The Balaban J connectivity index is 1.93. The number of amides is 1. The van der Waals surface area contributed by atoms with Crippen LogP contribution >= 0.6 is 0 Å². The van der Waals surface area contributed by atoms with Crippen LogP contribution < -0.4 is 0 Å². The van der Waals surface area contributed by atoms with Gasteiger partial charge in [0.05, 0.1) is 18.8 Å². The van der Waals surface area contributed by atoms with Gasteiger partial charge in [0, 0.05) is 13.0 Å². The van der Waals surface area contributed by atoms with Crippen LogP contribution in [-0.4, -0.2) is 36.1 Å². The Morgan fingerprint density at radius 1 is 1.23 bits per heavy atom. The molecule has 0 N–H and O–H groups in total. The van der Waals surface area contributed by atoms with Gasteiger partial charge in [0.2, 0.25) is 5.91 Å². The fourth-order valence-electron chi connectivity index (χ4n) is 2.88. The van der Waals surface area contributed by atoms with E-state index in [0.717, 1.165) is 6.42 Å². The molecule has 1 heterocycles. The van der Waals surface area contributed by atoms with Crippen LogP contribution in [0.2, 0.25) is 0 Å². The molecule has 2 rings (SSSR count). The van der Waals surface area contributed by atoms with Crippen molar-refractivity contribution in [2.24, 2.45) is 0 Å². The van der Waals surface area contributed by atoms with E-state index in [4.69, 9.17) is 4.74 Å². The third kappa shape index (κ3) is 4.10. The highest BCUT2D eigenvalue weighted by Gasteiger charge is 2.33. The number of hydrogen-bond acceptors (Lipinski definition) is 2. The molecule has 1 aromatic carbocycles. The number of hydrogen-bond donors (Lipinski definition) is 0. The SMILES string of the molecule is CC(C)(C)c1ccc(CCC(=O)N2CCOCC2(C)C)cc1. The second-order valence-electron chi connectivity index (χ2n) is 7.86. The lowest BCUT2D eigenvalue weighted by atomic mass is 9.86. The van der Waals surface area contributed by atoms with E-state index in [1.165, 1.54) is 11.1 Å². The first-order chi connectivity index (χ1) is 10.2. The summed E-state index contributed by atoms with van der Waals surface area (Å²) in [5, 5.41) is 0. The van der Waals surface area contributed by atoms with Crippen molar-refractivity contribution in [1.29, 1.82) is 0 Å². The second kappa shape index (κ2) is 6.41. The third-order valence-corrected chi connectivity index (χ3v) is 4.39. The van der Waals surface area contributed by atoms with E-state index < -0.39 is 0 Å². The molecule has 0 aromatic heterocycles. The molecule has 1 saturated heterocycles. The largest absolute Gasteiger partial charge is 0.377 e. The van der Waals surface area contributed by atoms with Gasteiger partial charge in [0.1, 0.15) is 0 Å². The molecular weight excluding hydrogens is 274 g/mol. The van der Waals surface area contributed by atoms with Gasteiger partial charge in [-0.3, -0.25) is 4.79 Å². The Hall–Kier alpha value is -1.35. The van der Waals surface area contributed by atoms with Gasteiger partial charge < -0.3 is 9.64 Å². The molecule has 0 atom stereocenters. The maximum absolute atomic E-state index is 12.5. The van der Waals surface area contributed by atoms with Crippen LogP contribution in [0.4, 0.5) is 0 Å². The molecule has 3 heteroatoms. The second-order valence-corrected chi connectivity index (χ2v) is 7.86. The molecule has 0 spiro atoms. The minimum Gasteiger partial charge on any atom is -0.377 e. The summed E-state index contributed by atoms with van der Waals surface area (Å²) < 4.78 is 5.48. The smallest absolute Gasteiger partial charge is 0.223 e. The zero-order valence-electron chi connectivity index (χ0n) is 14.6. The van der Waals surface area contributed by atoms with Crippen LogP contribution in [-0.2, 0) is 21.4 Å². The monoisotopic (exact) mass is 303 g/mol. The van der Waals surface area contributed by atoms with Crippen molar-refractivity contribution in [3.8, 4) is 0 Å². The molecule has 0 bridgehead atoms. The summed E-state index contributed by atoms with van der Waals surface area (Å²) in [6.45, 7) is 12.8. The molecule has 1 aliphatic heterocycles. The van der Waals surface area contributed by atoms with E-state index >= 15 is 0 Å². The van der Waals surface area contributed by atoms with E-state index in [1.54, 1.807) is 0 Å². The van der Waals surface area contributed by atoms with Crippen LogP contribution in [0.25, 0.3) is 0 Å².